The largest absolute Gasteiger partial charge is 0.394 e. The summed E-state index contributed by atoms with van der Waals surface area (Å²) < 4.78 is 5.13. The van der Waals surface area contributed by atoms with Gasteiger partial charge in [-0.2, -0.15) is 0 Å². The van der Waals surface area contributed by atoms with Crippen molar-refractivity contribution in [3.05, 3.63) is 53.6 Å². The van der Waals surface area contributed by atoms with Crippen LogP contribution in [0.15, 0.2) is 48.1 Å². The van der Waals surface area contributed by atoms with Crippen LogP contribution in [0.3, 0.4) is 0 Å². The van der Waals surface area contributed by atoms with Crippen LogP contribution in [-0.2, 0) is 14.4 Å². The lowest BCUT2D eigenvalue weighted by molar-refractivity contribution is -0.312. The summed E-state index contributed by atoms with van der Waals surface area (Å²) in [6, 6.07) is 7.29. The highest BCUT2D eigenvalue weighted by molar-refractivity contribution is 5.99. The van der Waals surface area contributed by atoms with E-state index in [1.807, 2.05) is 31.1 Å². The van der Waals surface area contributed by atoms with Crippen molar-refractivity contribution in [3.8, 4) is 0 Å². The summed E-state index contributed by atoms with van der Waals surface area (Å²) in [5.41, 5.74) is 4.30. The van der Waals surface area contributed by atoms with E-state index in [1.54, 1.807) is 32.1 Å². The van der Waals surface area contributed by atoms with Crippen LogP contribution >= 0.6 is 0 Å². The minimum atomic E-state index is -1.63. The van der Waals surface area contributed by atoms with Crippen LogP contribution in [0.5, 0.6) is 0 Å². The first-order valence-electron chi connectivity index (χ1n) is 10.5. The molecule has 1 aromatic carbocycles. The van der Waals surface area contributed by atoms with Crippen LogP contribution in [-0.4, -0.2) is 83.5 Å². The van der Waals surface area contributed by atoms with Crippen LogP contribution in [0, 0.1) is 5.92 Å². The van der Waals surface area contributed by atoms with Gasteiger partial charge in [0.25, 0.3) is 5.91 Å². The van der Waals surface area contributed by atoms with Crippen molar-refractivity contribution in [3.63, 3.8) is 0 Å². The van der Waals surface area contributed by atoms with E-state index in [0.29, 0.717) is 11.1 Å². The SMILES string of the molecule is CC(/C=C/C(=O)NO[C@@H]1O[C@H](CO)[C@@H](O)[C@H](O)[C@H]1O)=C\[C@H](C)C(=O)c1ccc(N(C)C)cc1. The number of hydroxylamine groups is 1. The number of anilines is 1. The zero-order valence-electron chi connectivity index (χ0n) is 19.1. The van der Waals surface area contributed by atoms with Gasteiger partial charge in [-0.25, -0.2) is 10.3 Å². The van der Waals surface area contributed by atoms with E-state index in [0.717, 1.165) is 5.69 Å². The van der Waals surface area contributed by atoms with Gasteiger partial charge < -0.3 is 30.1 Å². The number of nitrogens with one attached hydrogen (secondary N) is 1. The Hall–Kier alpha value is -2.60. The lowest BCUT2D eigenvalue weighted by atomic mass is 9.97. The van der Waals surface area contributed by atoms with Crippen LogP contribution in [0.25, 0.3) is 0 Å². The fourth-order valence-electron chi connectivity index (χ4n) is 3.23. The average molecular weight is 465 g/mol. The molecule has 0 aromatic heterocycles. The molecule has 0 unspecified atom stereocenters. The van der Waals surface area contributed by atoms with Gasteiger partial charge >= 0.3 is 0 Å². The molecule has 6 atom stereocenters. The quantitative estimate of drug-likeness (QED) is 0.146. The van der Waals surface area contributed by atoms with Gasteiger partial charge in [0.2, 0.25) is 6.29 Å². The maximum absolute atomic E-state index is 12.6. The van der Waals surface area contributed by atoms with Crippen LogP contribution in [0.4, 0.5) is 5.69 Å². The molecule has 2 rings (SSSR count). The monoisotopic (exact) mass is 464 g/mol. The minimum Gasteiger partial charge on any atom is -0.394 e. The van der Waals surface area contributed by atoms with Crippen molar-refractivity contribution in [1.82, 2.24) is 5.48 Å². The van der Waals surface area contributed by atoms with E-state index in [4.69, 9.17) is 14.7 Å². The van der Waals surface area contributed by atoms with E-state index < -0.39 is 49.1 Å². The number of allylic oxidation sites excluding steroid dienone is 3. The molecule has 10 nitrogen and oxygen atoms in total. The molecule has 182 valence electrons. The summed E-state index contributed by atoms with van der Waals surface area (Å²) in [6.07, 6.45) is -3.02. The number of Topliss-reactive ketones (excluding diaryl/α,β-unsaturated/α-hetero) is 1. The third-order valence-electron chi connectivity index (χ3n) is 5.22. The molecule has 1 saturated heterocycles. The molecule has 1 heterocycles. The van der Waals surface area contributed by atoms with Crippen LogP contribution < -0.4 is 10.4 Å². The van der Waals surface area contributed by atoms with Crippen molar-refractivity contribution < 1.29 is 39.6 Å². The number of hydrogen-bond acceptors (Lipinski definition) is 9. The summed E-state index contributed by atoms with van der Waals surface area (Å²) in [5, 5.41) is 38.5. The van der Waals surface area contributed by atoms with Gasteiger partial charge in [0.1, 0.15) is 24.4 Å². The fraction of sp³-hybridized carbons (Fsp3) is 0.478. The number of hydrogen-bond donors (Lipinski definition) is 5. The molecule has 0 spiro atoms. The highest BCUT2D eigenvalue weighted by Gasteiger charge is 2.44. The van der Waals surface area contributed by atoms with E-state index in [9.17, 15) is 24.9 Å². The molecule has 1 fully saturated rings. The zero-order valence-corrected chi connectivity index (χ0v) is 19.1. The number of carbonyl (C=O) groups is 2. The Morgan fingerprint density at radius 3 is 2.33 bits per heavy atom. The van der Waals surface area contributed by atoms with Crippen molar-refractivity contribution in [2.24, 2.45) is 5.92 Å². The second kappa shape index (κ2) is 12.0. The smallest absolute Gasteiger partial charge is 0.267 e. The van der Waals surface area contributed by atoms with Gasteiger partial charge in [0.05, 0.1) is 6.61 Å². The van der Waals surface area contributed by atoms with E-state index in [2.05, 4.69) is 5.48 Å². The van der Waals surface area contributed by atoms with Gasteiger partial charge in [0.15, 0.2) is 5.78 Å². The number of nitrogens with zero attached hydrogens (tertiary/aromatic N) is 1. The molecule has 5 N–H and O–H groups in total. The summed E-state index contributed by atoms with van der Waals surface area (Å²) in [6.45, 7) is 2.89. The molecule has 10 heteroatoms. The molecule has 1 aromatic rings. The molecule has 0 radical (unpaired) electrons. The summed E-state index contributed by atoms with van der Waals surface area (Å²) in [5.74, 6) is -1.14. The first kappa shape index (κ1) is 26.7. The Morgan fingerprint density at radius 1 is 1.12 bits per heavy atom. The molecule has 0 aliphatic carbocycles. The van der Waals surface area contributed by atoms with Gasteiger partial charge in [-0.15, -0.1) is 0 Å². The Balaban J connectivity index is 1.89. The lowest BCUT2D eigenvalue weighted by Gasteiger charge is -2.38. The van der Waals surface area contributed by atoms with Gasteiger partial charge in [-0.1, -0.05) is 24.6 Å². The Morgan fingerprint density at radius 2 is 1.76 bits per heavy atom. The van der Waals surface area contributed by atoms with E-state index in [-0.39, 0.29) is 5.78 Å². The van der Waals surface area contributed by atoms with Crippen molar-refractivity contribution >= 4 is 17.4 Å². The number of carbonyl (C=O) groups excluding carboxylic acids is 2. The summed E-state index contributed by atoms with van der Waals surface area (Å²) in [4.78, 5) is 31.5. The number of benzene rings is 1. The highest BCUT2D eigenvalue weighted by Crippen LogP contribution is 2.21. The minimum absolute atomic E-state index is 0.0524. The first-order chi connectivity index (χ1) is 15.5. The molecule has 0 saturated carbocycles. The van der Waals surface area contributed by atoms with Crippen molar-refractivity contribution in [2.75, 3.05) is 25.6 Å². The summed E-state index contributed by atoms with van der Waals surface area (Å²) in [7, 11) is 3.84. The standard InChI is InChI=1S/C23H32N2O8/c1-13(11-14(2)19(28)15-6-8-16(9-7-15)25(3)4)5-10-18(27)24-33-23-22(31)21(30)20(29)17(12-26)32-23/h5-11,14,17,20-23,26,29-31H,12H2,1-4H3,(H,24,27)/b10-5+,13-11+/t14-,17+,20+,21-,22+,23-/m0/s1. The molecule has 33 heavy (non-hydrogen) atoms. The third kappa shape index (κ3) is 7.19. The molecule has 1 aliphatic heterocycles. The maximum Gasteiger partial charge on any atom is 0.267 e. The second-order valence-corrected chi connectivity index (χ2v) is 8.12. The van der Waals surface area contributed by atoms with Crippen LogP contribution in [0.1, 0.15) is 24.2 Å². The summed E-state index contributed by atoms with van der Waals surface area (Å²) >= 11 is 0. The van der Waals surface area contributed by atoms with Gasteiger partial charge in [0, 0.05) is 37.3 Å². The Labute approximate surface area is 192 Å². The molecule has 1 amide bonds. The number of amides is 1. The number of ketones is 1. The maximum atomic E-state index is 12.6. The average Bonchev–Trinajstić information content (AvgIpc) is 2.80. The predicted molar refractivity (Wildman–Crippen MR) is 120 cm³/mol. The zero-order chi connectivity index (χ0) is 24.7. The fourth-order valence-corrected chi connectivity index (χ4v) is 3.23. The highest BCUT2D eigenvalue weighted by atomic mass is 16.8. The molecule has 0 bridgehead atoms. The van der Waals surface area contributed by atoms with Gasteiger partial charge in [-0.3, -0.25) is 9.59 Å². The molecular weight excluding hydrogens is 432 g/mol. The van der Waals surface area contributed by atoms with E-state index in [1.165, 1.54) is 12.2 Å². The first-order valence-corrected chi connectivity index (χ1v) is 10.5. The van der Waals surface area contributed by atoms with Crippen molar-refractivity contribution in [1.29, 1.82) is 0 Å². The normalized spacial score (nSPS) is 26.8. The number of ether oxygens (including phenoxy) is 1. The third-order valence-corrected chi connectivity index (χ3v) is 5.22. The number of rotatable bonds is 9. The molecule has 1 aliphatic rings. The number of aliphatic hydroxyl groups excluding tert-OH is 4. The lowest BCUT2D eigenvalue weighted by Crippen LogP contribution is -2.60. The van der Waals surface area contributed by atoms with Gasteiger partial charge in [-0.05, 0) is 31.2 Å². The number of aliphatic hydroxyl groups is 4. The predicted octanol–water partition coefficient (Wildman–Crippen LogP) is -0.0784. The Kier molecular flexibility index (Phi) is 9.71. The van der Waals surface area contributed by atoms with Crippen molar-refractivity contribution in [2.45, 2.75) is 44.6 Å². The second-order valence-electron chi connectivity index (χ2n) is 8.12. The van der Waals surface area contributed by atoms with Crippen LogP contribution in [0.2, 0.25) is 0 Å². The Bertz CT molecular complexity index is 866. The van der Waals surface area contributed by atoms with E-state index >= 15 is 0 Å². The topological polar surface area (TPSA) is 149 Å². The molecular formula is C23H32N2O8.